The summed E-state index contributed by atoms with van der Waals surface area (Å²) in [5.41, 5.74) is 3.50. The van der Waals surface area contributed by atoms with Crippen molar-refractivity contribution in [1.82, 2.24) is 9.38 Å². The minimum absolute atomic E-state index is 0.257. The van der Waals surface area contributed by atoms with Gasteiger partial charge in [-0.15, -0.1) is 0 Å². The van der Waals surface area contributed by atoms with E-state index in [0.717, 1.165) is 11.4 Å². The lowest BCUT2D eigenvalue weighted by atomic mass is 10.2. The van der Waals surface area contributed by atoms with Gasteiger partial charge in [-0.05, 0) is 38.1 Å². The molecule has 3 rings (SSSR count). The Hall–Kier alpha value is -2.04. The predicted molar refractivity (Wildman–Crippen MR) is 89.1 cm³/mol. The number of carbonyl (C=O) groups is 1. The summed E-state index contributed by atoms with van der Waals surface area (Å²) in [7, 11) is 0. The van der Waals surface area contributed by atoms with Crippen molar-refractivity contribution < 1.29 is 4.79 Å². The maximum atomic E-state index is 12.5. The molecule has 2 heterocycles. The van der Waals surface area contributed by atoms with Gasteiger partial charge in [-0.25, -0.2) is 4.98 Å². The summed E-state index contributed by atoms with van der Waals surface area (Å²) in [4.78, 5) is 17.0. The van der Waals surface area contributed by atoms with Gasteiger partial charge in [0, 0.05) is 11.9 Å². The summed E-state index contributed by atoms with van der Waals surface area (Å²) in [6.07, 6.45) is 1.91. The normalized spacial score (nSPS) is 10.9. The van der Waals surface area contributed by atoms with Crippen LogP contribution in [0.1, 0.15) is 21.7 Å². The number of halogens is 2. The number of aromatic nitrogens is 2. The fraction of sp³-hybridized carbons (Fsp3) is 0.125. The number of hydrogen-bond acceptors (Lipinski definition) is 2. The molecule has 0 atom stereocenters. The van der Waals surface area contributed by atoms with E-state index in [1.165, 1.54) is 0 Å². The van der Waals surface area contributed by atoms with Crippen molar-refractivity contribution in [3.05, 3.63) is 63.5 Å². The van der Waals surface area contributed by atoms with E-state index in [4.69, 9.17) is 23.2 Å². The largest absolute Gasteiger partial charge is 0.319 e. The lowest BCUT2D eigenvalue weighted by Crippen LogP contribution is -2.14. The Balaban J connectivity index is 2.04. The minimum Gasteiger partial charge on any atom is -0.319 e. The Morgan fingerprint density at radius 1 is 1.14 bits per heavy atom. The fourth-order valence-electron chi connectivity index (χ4n) is 2.30. The second kappa shape index (κ2) is 5.63. The second-order valence-electron chi connectivity index (χ2n) is 4.95. The average Bonchev–Trinajstić information content (AvgIpc) is 2.76. The van der Waals surface area contributed by atoms with E-state index in [1.54, 1.807) is 24.3 Å². The topological polar surface area (TPSA) is 46.4 Å². The third-order valence-corrected chi connectivity index (χ3v) is 4.19. The van der Waals surface area contributed by atoms with Crippen LogP contribution in [0.5, 0.6) is 0 Å². The molecule has 0 spiro atoms. The number of nitrogens with one attached hydrogen (secondary N) is 1. The molecule has 22 heavy (non-hydrogen) atoms. The first-order valence-corrected chi connectivity index (χ1v) is 7.44. The zero-order valence-corrected chi connectivity index (χ0v) is 13.5. The third-order valence-electron chi connectivity index (χ3n) is 3.56. The summed E-state index contributed by atoms with van der Waals surface area (Å²) >= 11 is 12.1. The molecular formula is C16H13Cl2N3O. The molecule has 0 aliphatic carbocycles. The number of fused-ring (bicyclic) bond motifs is 1. The molecular weight excluding hydrogens is 321 g/mol. The Labute approximate surface area is 137 Å². The van der Waals surface area contributed by atoms with Gasteiger partial charge in [0.15, 0.2) is 5.65 Å². The quantitative estimate of drug-likeness (QED) is 0.749. The molecule has 0 saturated heterocycles. The molecule has 0 unspecified atom stereocenters. The Morgan fingerprint density at radius 2 is 1.82 bits per heavy atom. The van der Waals surface area contributed by atoms with Crippen molar-refractivity contribution in [2.45, 2.75) is 13.8 Å². The summed E-state index contributed by atoms with van der Waals surface area (Å²) < 4.78 is 1.93. The minimum atomic E-state index is -0.359. The number of rotatable bonds is 2. The van der Waals surface area contributed by atoms with Crippen LogP contribution in [0.2, 0.25) is 10.0 Å². The van der Waals surface area contributed by atoms with Gasteiger partial charge in [-0.2, -0.15) is 0 Å². The van der Waals surface area contributed by atoms with E-state index < -0.39 is 0 Å². The molecule has 0 bridgehead atoms. The van der Waals surface area contributed by atoms with Crippen LogP contribution >= 0.6 is 23.2 Å². The highest BCUT2D eigenvalue weighted by atomic mass is 35.5. The molecule has 0 radical (unpaired) electrons. The van der Waals surface area contributed by atoms with E-state index in [2.05, 4.69) is 10.3 Å². The van der Waals surface area contributed by atoms with Crippen LogP contribution in [0, 0.1) is 13.8 Å². The van der Waals surface area contributed by atoms with Gasteiger partial charge in [0.1, 0.15) is 0 Å². The van der Waals surface area contributed by atoms with Crippen LogP contribution in [0.15, 0.2) is 36.5 Å². The standard InChI is InChI=1S/C16H13Cl2N3O/c1-9-10(2)21-8-4-7-13(15(21)19-9)20-16(22)14-11(17)5-3-6-12(14)18/h3-8H,1-2H3,(H,20,22). The van der Waals surface area contributed by atoms with Gasteiger partial charge in [0.05, 0.1) is 27.0 Å². The zero-order valence-electron chi connectivity index (χ0n) is 12.0. The first kappa shape index (κ1) is 14.9. The molecule has 3 aromatic rings. The summed E-state index contributed by atoms with van der Waals surface area (Å²) in [5.74, 6) is -0.359. The smallest absolute Gasteiger partial charge is 0.258 e. The number of nitrogens with zero attached hydrogens (tertiary/aromatic N) is 2. The monoisotopic (exact) mass is 333 g/mol. The predicted octanol–water partition coefficient (Wildman–Crippen LogP) is 4.51. The van der Waals surface area contributed by atoms with Gasteiger partial charge in [-0.1, -0.05) is 29.3 Å². The number of pyridine rings is 1. The molecule has 4 nitrogen and oxygen atoms in total. The van der Waals surface area contributed by atoms with Gasteiger partial charge < -0.3 is 9.72 Å². The summed E-state index contributed by atoms with van der Waals surface area (Å²) in [6.45, 7) is 3.91. The fourth-order valence-corrected chi connectivity index (χ4v) is 2.87. The highest BCUT2D eigenvalue weighted by Crippen LogP contribution is 2.26. The highest BCUT2D eigenvalue weighted by molar-refractivity contribution is 6.40. The second-order valence-corrected chi connectivity index (χ2v) is 5.76. The van der Waals surface area contributed by atoms with Crippen molar-refractivity contribution in [2.24, 2.45) is 0 Å². The highest BCUT2D eigenvalue weighted by Gasteiger charge is 2.17. The molecule has 0 aliphatic rings. The number of anilines is 1. The Bertz CT molecular complexity index is 866. The van der Waals surface area contributed by atoms with E-state index >= 15 is 0 Å². The number of hydrogen-bond donors (Lipinski definition) is 1. The molecule has 0 saturated carbocycles. The number of amides is 1. The van der Waals surface area contributed by atoms with E-state index in [-0.39, 0.29) is 11.5 Å². The lowest BCUT2D eigenvalue weighted by Gasteiger charge is -2.09. The maximum absolute atomic E-state index is 12.5. The maximum Gasteiger partial charge on any atom is 0.258 e. The van der Waals surface area contributed by atoms with Gasteiger partial charge >= 0.3 is 0 Å². The average molecular weight is 334 g/mol. The van der Waals surface area contributed by atoms with Crippen LogP contribution in [0.3, 0.4) is 0 Å². The van der Waals surface area contributed by atoms with Gasteiger partial charge in [-0.3, -0.25) is 4.79 Å². The Kier molecular flexibility index (Phi) is 3.81. The molecule has 112 valence electrons. The van der Waals surface area contributed by atoms with Gasteiger partial charge in [0.25, 0.3) is 5.91 Å². The molecule has 1 amide bonds. The number of carbonyl (C=O) groups excluding carboxylic acids is 1. The summed E-state index contributed by atoms with van der Waals surface area (Å²) in [5, 5.41) is 3.46. The lowest BCUT2D eigenvalue weighted by molar-refractivity contribution is 0.102. The van der Waals surface area contributed by atoms with Crippen molar-refractivity contribution in [1.29, 1.82) is 0 Å². The van der Waals surface area contributed by atoms with E-state index in [1.807, 2.05) is 30.5 Å². The van der Waals surface area contributed by atoms with Crippen LogP contribution in [-0.2, 0) is 0 Å². The Morgan fingerprint density at radius 3 is 2.50 bits per heavy atom. The van der Waals surface area contributed by atoms with Crippen LogP contribution in [0.25, 0.3) is 5.65 Å². The van der Waals surface area contributed by atoms with Gasteiger partial charge in [0.2, 0.25) is 0 Å². The van der Waals surface area contributed by atoms with Crippen LogP contribution in [0.4, 0.5) is 5.69 Å². The molecule has 0 aliphatic heterocycles. The number of benzene rings is 1. The van der Waals surface area contributed by atoms with Crippen molar-refractivity contribution >= 4 is 40.4 Å². The summed E-state index contributed by atoms with van der Waals surface area (Å²) in [6, 6.07) is 8.61. The number of imidazole rings is 1. The SMILES string of the molecule is Cc1nc2c(NC(=O)c3c(Cl)cccc3Cl)cccn2c1C. The molecule has 1 aromatic carbocycles. The van der Waals surface area contributed by atoms with Crippen molar-refractivity contribution in [3.63, 3.8) is 0 Å². The third kappa shape index (κ3) is 2.45. The zero-order chi connectivity index (χ0) is 15.9. The first-order valence-electron chi connectivity index (χ1n) is 6.68. The molecule has 1 N–H and O–H groups in total. The van der Waals surface area contributed by atoms with E-state index in [9.17, 15) is 4.79 Å². The van der Waals surface area contributed by atoms with Crippen LogP contribution < -0.4 is 5.32 Å². The van der Waals surface area contributed by atoms with Crippen molar-refractivity contribution in [3.8, 4) is 0 Å². The number of aryl methyl sites for hydroxylation is 2. The molecule has 6 heteroatoms. The molecule has 2 aromatic heterocycles. The molecule has 0 fully saturated rings. The van der Waals surface area contributed by atoms with Crippen LogP contribution in [-0.4, -0.2) is 15.3 Å². The van der Waals surface area contributed by atoms with Crippen molar-refractivity contribution in [2.75, 3.05) is 5.32 Å². The first-order chi connectivity index (χ1) is 10.5. The van der Waals surface area contributed by atoms with E-state index in [0.29, 0.717) is 21.4 Å².